The Bertz CT molecular complexity index is 891. The van der Waals surface area contributed by atoms with Gasteiger partial charge in [0.25, 0.3) is 5.91 Å². The standard InChI is InChI=1S/C16H13Cl2FN4O/c1-16(17,18)15(20-14(24)10-5-4-6-11(19)9-10)23-13-8-3-2-7-12(13)21-22-23/h2-9,15H,1H3,(H,20,24). The van der Waals surface area contributed by atoms with Gasteiger partial charge in [-0.15, -0.1) is 5.10 Å². The Morgan fingerprint density at radius 1 is 1.25 bits per heavy atom. The summed E-state index contributed by atoms with van der Waals surface area (Å²) in [5.41, 5.74) is 1.46. The predicted molar refractivity (Wildman–Crippen MR) is 90.5 cm³/mol. The van der Waals surface area contributed by atoms with E-state index >= 15 is 0 Å². The highest BCUT2D eigenvalue weighted by Crippen LogP contribution is 2.33. The number of aromatic nitrogens is 3. The van der Waals surface area contributed by atoms with Gasteiger partial charge in [0.15, 0.2) is 10.5 Å². The van der Waals surface area contributed by atoms with Crippen LogP contribution in [0.4, 0.5) is 4.39 Å². The smallest absolute Gasteiger partial charge is 0.253 e. The summed E-state index contributed by atoms with van der Waals surface area (Å²) in [5, 5.41) is 10.8. The van der Waals surface area contributed by atoms with Crippen molar-refractivity contribution >= 4 is 40.1 Å². The molecular weight excluding hydrogens is 354 g/mol. The fourth-order valence-electron chi connectivity index (χ4n) is 2.32. The summed E-state index contributed by atoms with van der Waals surface area (Å²) in [6.07, 6.45) is -0.899. The number of hydrogen-bond donors (Lipinski definition) is 1. The molecule has 2 aromatic carbocycles. The van der Waals surface area contributed by atoms with Crippen LogP contribution in [0.25, 0.3) is 11.0 Å². The Kier molecular flexibility index (Phi) is 4.43. The third-order valence-electron chi connectivity index (χ3n) is 3.46. The zero-order valence-corrected chi connectivity index (χ0v) is 14.1. The normalized spacial score (nSPS) is 13.0. The van der Waals surface area contributed by atoms with Gasteiger partial charge in [-0.2, -0.15) is 0 Å². The van der Waals surface area contributed by atoms with Crippen LogP contribution in [0, 0.1) is 5.82 Å². The number of alkyl halides is 2. The van der Waals surface area contributed by atoms with Crippen LogP contribution in [0.15, 0.2) is 48.5 Å². The molecule has 3 rings (SSSR count). The van der Waals surface area contributed by atoms with Crippen LogP contribution in [-0.4, -0.2) is 25.2 Å². The van der Waals surface area contributed by atoms with Crippen LogP contribution >= 0.6 is 23.2 Å². The third kappa shape index (κ3) is 3.34. The van der Waals surface area contributed by atoms with E-state index in [1.807, 2.05) is 12.1 Å². The Morgan fingerprint density at radius 3 is 2.71 bits per heavy atom. The molecule has 1 aromatic heterocycles. The van der Waals surface area contributed by atoms with Gasteiger partial charge >= 0.3 is 0 Å². The van der Waals surface area contributed by atoms with Crippen LogP contribution < -0.4 is 5.32 Å². The minimum Gasteiger partial charge on any atom is -0.328 e. The number of nitrogens with zero attached hydrogens (tertiary/aromatic N) is 3. The van der Waals surface area contributed by atoms with Gasteiger partial charge in [-0.3, -0.25) is 4.79 Å². The predicted octanol–water partition coefficient (Wildman–Crippen LogP) is 3.69. The molecule has 5 nitrogen and oxygen atoms in total. The number of carbonyl (C=O) groups excluding carboxylic acids is 1. The number of hydrogen-bond acceptors (Lipinski definition) is 3. The number of para-hydroxylation sites is 1. The Balaban J connectivity index is 1.98. The zero-order chi connectivity index (χ0) is 17.3. The molecule has 0 aliphatic carbocycles. The molecule has 1 N–H and O–H groups in total. The third-order valence-corrected chi connectivity index (χ3v) is 3.87. The molecule has 0 bridgehead atoms. The van der Waals surface area contributed by atoms with Gasteiger partial charge in [0.2, 0.25) is 0 Å². The molecule has 0 aliphatic rings. The van der Waals surface area contributed by atoms with Crippen molar-refractivity contribution in [3.05, 3.63) is 59.9 Å². The molecule has 1 amide bonds. The van der Waals surface area contributed by atoms with Gasteiger partial charge in [0.05, 0.1) is 5.52 Å². The van der Waals surface area contributed by atoms with Crippen molar-refractivity contribution < 1.29 is 9.18 Å². The van der Waals surface area contributed by atoms with E-state index in [1.165, 1.54) is 29.8 Å². The maximum atomic E-state index is 13.3. The molecule has 1 unspecified atom stereocenters. The van der Waals surface area contributed by atoms with Gasteiger partial charge < -0.3 is 5.32 Å². The lowest BCUT2D eigenvalue weighted by Crippen LogP contribution is -2.42. The van der Waals surface area contributed by atoms with Crippen molar-refractivity contribution in [1.82, 2.24) is 20.3 Å². The number of fused-ring (bicyclic) bond motifs is 1. The van der Waals surface area contributed by atoms with Gasteiger partial charge in [-0.1, -0.05) is 46.6 Å². The van der Waals surface area contributed by atoms with Crippen LogP contribution in [-0.2, 0) is 0 Å². The second-order valence-corrected chi connectivity index (χ2v) is 7.13. The van der Waals surface area contributed by atoms with E-state index in [0.717, 1.165) is 6.07 Å². The number of rotatable bonds is 4. The Labute approximate surface area is 147 Å². The van der Waals surface area contributed by atoms with E-state index in [2.05, 4.69) is 15.6 Å². The van der Waals surface area contributed by atoms with Gasteiger partial charge in [0.1, 0.15) is 11.3 Å². The van der Waals surface area contributed by atoms with E-state index in [4.69, 9.17) is 23.2 Å². The molecule has 1 heterocycles. The minimum atomic E-state index is -1.38. The molecule has 1 atom stereocenters. The molecule has 0 spiro atoms. The molecular formula is C16H13Cl2FN4O. The number of carbonyl (C=O) groups is 1. The first-order valence-corrected chi connectivity index (χ1v) is 7.86. The van der Waals surface area contributed by atoms with Crippen LogP contribution in [0.5, 0.6) is 0 Å². The first-order chi connectivity index (χ1) is 11.4. The number of benzene rings is 2. The summed E-state index contributed by atoms with van der Waals surface area (Å²) in [6, 6.07) is 12.5. The maximum Gasteiger partial charge on any atom is 0.253 e. The Hall–Kier alpha value is -2.18. The lowest BCUT2D eigenvalue weighted by atomic mass is 10.2. The quantitative estimate of drug-likeness (QED) is 0.716. The fourth-order valence-corrected chi connectivity index (χ4v) is 2.61. The summed E-state index contributed by atoms with van der Waals surface area (Å²) in [4.78, 5) is 12.4. The number of nitrogens with one attached hydrogen (secondary N) is 1. The molecule has 0 radical (unpaired) electrons. The average Bonchev–Trinajstić information content (AvgIpc) is 2.95. The second-order valence-electron chi connectivity index (χ2n) is 5.37. The highest BCUT2D eigenvalue weighted by atomic mass is 35.5. The average molecular weight is 367 g/mol. The SMILES string of the molecule is CC(Cl)(Cl)C(NC(=O)c1cccc(F)c1)n1nnc2ccccc21. The first-order valence-electron chi connectivity index (χ1n) is 7.10. The highest BCUT2D eigenvalue weighted by Gasteiger charge is 2.35. The largest absolute Gasteiger partial charge is 0.328 e. The molecule has 24 heavy (non-hydrogen) atoms. The van der Waals surface area contributed by atoms with Crippen molar-refractivity contribution in [1.29, 1.82) is 0 Å². The van der Waals surface area contributed by atoms with Crippen molar-refractivity contribution in [3.63, 3.8) is 0 Å². The van der Waals surface area contributed by atoms with Crippen LogP contribution in [0.3, 0.4) is 0 Å². The minimum absolute atomic E-state index is 0.155. The van der Waals surface area contributed by atoms with E-state index in [-0.39, 0.29) is 5.56 Å². The summed E-state index contributed by atoms with van der Waals surface area (Å²) in [6.45, 7) is 1.53. The van der Waals surface area contributed by atoms with Gasteiger partial charge in [-0.05, 0) is 37.3 Å². The van der Waals surface area contributed by atoms with E-state index in [1.54, 1.807) is 12.1 Å². The highest BCUT2D eigenvalue weighted by molar-refractivity contribution is 6.48. The molecule has 3 aromatic rings. The van der Waals surface area contributed by atoms with Crippen molar-refractivity contribution in [3.8, 4) is 0 Å². The van der Waals surface area contributed by atoms with Crippen molar-refractivity contribution in [2.75, 3.05) is 0 Å². The first kappa shape index (κ1) is 16.7. The van der Waals surface area contributed by atoms with Crippen molar-refractivity contribution in [2.45, 2.75) is 17.4 Å². The van der Waals surface area contributed by atoms with Crippen molar-refractivity contribution in [2.24, 2.45) is 0 Å². The molecule has 0 saturated carbocycles. The van der Waals surface area contributed by atoms with Gasteiger partial charge in [0, 0.05) is 5.56 Å². The van der Waals surface area contributed by atoms with Gasteiger partial charge in [-0.25, -0.2) is 9.07 Å². The van der Waals surface area contributed by atoms with E-state index in [9.17, 15) is 9.18 Å². The monoisotopic (exact) mass is 366 g/mol. The molecule has 0 fully saturated rings. The zero-order valence-electron chi connectivity index (χ0n) is 12.6. The summed E-state index contributed by atoms with van der Waals surface area (Å²) < 4.78 is 13.4. The second kappa shape index (κ2) is 6.37. The topological polar surface area (TPSA) is 59.8 Å². The maximum absolute atomic E-state index is 13.3. The lowest BCUT2D eigenvalue weighted by molar-refractivity contribution is 0.0911. The van der Waals surface area contributed by atoms with Crippen LogP contribution in [0.2, 0.25) is 0 Å². The fraction of sp³-hybridized carbons (Fsp3) is 0.188. The van der Waals surface area contributed by atoms with E-state index in [0.29, 0.717) is 11.0 Å². The lowest BCUT2D eigenvalue weighted by Gasteiger charge is -2.27. The number of amides is 1. The molecule has 124 valence electrons. The summed E-state index contributed by atoms with van der Waals surface area (Å²) >= 11 is 12.5. The van der Waals surface area contributed by atoms with Crippen LogP contribution in [0.1, 0.15) is 23.4 Å². The summed E-state index contributed by atoms with van der Waals surface area (Å²) in [7, 11) is 0. The summed E-state index contributed by atoms with van der Waals surface area (Å²) in [5.74, 6) is -1.03. The van der Waals surface area contributed by atoms with E-state index < -0.39 is 22.2 Å². The number of halogens is 3. The Morgan fingerprint density at radius 2 is 2.00 bits per heavy atom. The molecule has 0 saturated heterocycles. The molecule has 0 aliphatic heterocycles. The molecule has 8 heteroatoms.